The normalized spacial score (nSPS) is 14.3. The van der Waals surface area contributed by atoms with E-state index in [2.05, 4.69) is 162 Å². The minimum atomic E-state index is -2.24. The van der Waals surface area contributed by atoms with Crippen molar-refractivity contribution < 1.29 is 104 Å². The van der Waals surface area contributed by atoms with Crippen LogP contribution >= 0.6 is 32.8 Å². The van der Waals surface area contributed by atoms with Gasteiger partial charge in [-0.1, -0.05) is 87.8 Å². The Balaban J connectivity index is 0.00000114. The molecule has 6 aromatic rings. The number of nitrogens with zero attached hydrogens (tertiary/aromatic N) is 9. The number of hydrogen-bond acceptors (Lipinski definition) is 12. The summed E-state index contributed by atoms with van der Waals surface area (Å²) in [4.78, 5) is 23.6. The third kappa shape index (κ3) is 28.4. The number of carbonyl (C=O) groups excluding carboxylic acids is 1. The summed E-state index contributed by atoms with van der Waals surface area (Å²) < 4.78 is 103. The van der Waals surface area contributed by atoms with Gasteiger partial charge in [0.1, 0.15) is 96.7 Å². The van der Waals surface area contributed by atoms with Crippen molar-refractivity contribution in [1.82, 2.24) is 44.3 Å². The summed E-state index contributed by atoms with van der Waals surface area (Å²) in [6.07, 6.45) is 8.90. The van der Waals surface area contributed by atoms with Crippen LogP contribution in [-0.4, -0.2) is 104 Å². The second kappa shape index (κ2) is 37.9. The Bertz CT molecular complexity index is 2850. The van der Waals surface area contributed by atoms with Gasteiger partial charge in [0.2, 0.25) is 0 Å². The molecule has 2 N–H and O–H groups in total. The number of hydrogen-bond donors (Lipinski definition) is 2. The molecule has 0 amide bonds. The summed E-state index contributed by atoms with van der Waals surface area (Å²) in [6, 6.07) is 9.64. The molecule has 0 radical (unpaired) electrons. The number of ketones is 1. The van der Waals surface area contributed by atoms with E-state index in [-0.39, 0.29) is 75.0 Å². The van der Waals surface area contributed by atoms with Crippen LogP contribution in [-0.2, 0) is 48.9 Å². The van der Waals surface area contributed by atoms with Crippen molar-refractivity contribution in [2.24, 2.45) is 0 Å². The molecule has 3 aromatic heterocycles. The molecule has 0 spiro atoms. The first-order valence-electron chi connectivity index (χ1n) is 27.8. The van der Waals surface area contributed by atoms with E-state index < -0.39 is 120 Å². The predicted octanol–water partition coefficient (Wildman–Crippen LogP) is 13.4. The average molecular weight is 1540 g/mol. The molecule has 0 saturated carbocycles. The molecule has 0 fully saturated rings. The molecule has 6 rings (SSSR count). The first kappa shape index (κ1) is 86.1. The Morgan fingerprint density at radius 3 is 1.15 bits per heavy atom. The van der Waals surface area contributed by atoms with E-state index in [1.807, 2.05) is 6.92 Å². The molecular weight excluding hydrogens is 1450 g/mol. The van der Waals surface area contributed by atoms with Gasteiger partial charge >= 0.3 is 66.4 Å². The second-order valence-electron chi connectivity index (χ2n) is 25.0. The van der Waals surface area contributed by atoms with Crippen LogP contribution in [0.3, 0.4) is 0 Å². The summed E-state index contributed by atoms with van der Waals surface area (Å²) >= 11 is 0.647. The van der Waals surface area contributed by atoms with Crippen LogP contribution in [0, 0.1) is 72.5 Å². The van der Waals surface area contributed by atoms with Crippen molar-refractivity contribution in [3.05, 3.63) is 150 Å². The Labute approximate surface area is 562 Å². The molecule has 0 aliphatic rings. The van der Waals surface area contributed by atoms with Crippen molar-refractivity contribution >= 4 is 63.5 Å². The van der Waals surface area contributed by atoms with Crippen molar-refractivity contribution in [2.45, 2.75) is 206 Å². The van der Waals surface area contributed by atoms with E-state index in [9.17, 15) is 41.4 Å². The van der Waals surface area contributed by atoms with Crippen molar-refractivity contribution in [1.29, 1.82) is 0 Å². The van der Waals surface area contributed by atoms with Crippen molar-refractivity contribution in [3.63, 3.8) is 0 Å². The fourth-order valence-electron chi connectivity index (χ4n) is 6.86. The maximum Gasteiger partial charge on any atom is 1.00 e. The zero-order chi connectivity index (χ0) is 67.3. The van der Waals surface area contributed by atoms with E-state index in [0.29, 0.717) is 0 Å². The molecule has 3 aromatic carbocycles. The van der Waals surface area contributed by atoms with Gasteiger partial charge in [0.05, 0.1) is 29.8 Å². The third-order valence-electron chi connectivity index (χ3n) is 15.2. The fourth-order valence-corrected chi connectivity index (χ4v) is 11.3. The SMILES string of the molecule is C[C@@H](O[Si](C)(C)C(C)(C)C)C(=O)Cn1cncn1.C[C@H](O[Si](C)(C)C(C)(C)C)[C@@](O)(Cn1cncn1)c1ccc(F)cc1F.C[C@H](O[Si](C)(C)C(C)(C)C)[C@](O)(Cn1cncn1)c1ccc(F)cc1F.Fc1ccc(Br)c(F)c1.[CH2-]CCC.[Cl][Ce]([Cl])[Cl].[Li+]. The van der Waals surface area contributed by atoms with Gasteiger partial charge in [-0.3, -0.25) is 4.79 Å². The minimum Gasteiger partial charge on any atom is 1.00 e. The summed E-state index contributed by atoms with van der Waals surface area (Å²) in [5.74, 6) is -4.15. The van der Waals surface area contributed by atoms with Crippen LogP contribution in [0.15, 0.2) is 97.0 Å². The molecule has 15 nitrogen and oxygen atoms in total. The van der Waals surface area contributed by atoms with Crippen LogP contribution in [0.5, 0.6) is 0 Å². The van der Waals surface area contributed by atoms with Crippen LogP contribution in [0.1, 0.15) is 114 Å². The second-order valence-corrected chi connectivity index (χ2v) is 54.0. The van der Waals surface area contributed by atoms with Gasteiger partial charge in [0.15, 0.2) is 30.7 Å². The van der Waals surface area contributed by atoms with Gasteiger partial charge in [-0.25, -0.2) is 55.3 Å². The Morgan fingerprint density at radius 1 is 0.591 bits per heavy atom. The minimum absolute atomic E-state index is 0. The number of Topliss-reactive ketones (excluding diaryl/α,β-unsaturated/α-hetero) is 1. The van der Waals surface area contributed by atoms with E-state index in [1.54, 1.807) is 13.8 Å². The molecule has 489 valence electrons. The van der Waals surface area contributed by atoms with Crippen LogP contribution in [0.25, 0.3) is 0 Å². The summed E-state index contributed by atoms with van der Waals surface area (Å²) in [6.45, 7) is 42.5. The summed E-state index contributed by atoms with van der Waals surface area (Å²) in [5, 5.41) is 34.8. The third-order valence-corrected chi connectivity index (χ3v) is 29.5. The molecule has 5 atom stereocenters. The van der Waals surface area contributed by atoms with Gasteiger partial charge in [-0.15, -0.1) is 0 Å². The number of halogens is 10. The average Bonchev–Trinajstić information content (AvgIpc) is 1.18. The van der Waals surface area contributed by atoms with Gasteiger partial charge in [-0.05, 0) is 115 Å². The Hall–Kier alpha value is -1.90. The molecule has 0 aliphatic heterocycles. The molecule has 0 bridgehead atoms. The van der Waals surface area contributed by atoms with Crippen LogP contribution in [0.4, 0.5) is 26.3 Å². The van der Waals surface area contributed by atoms with E-state index in [4.69, 9.17) is 30.2 Å². The zero-order valence-corrected chi connectivity index (χ0v) is 64.5. The van der Waals surface area contributed by atoms with Crippen molar-refractivity contribution in [2.75, 3.05) is 0 Å². The van der Waals surface area contributed by atoms with Gasteiger partial charge in [0.25, 0.3) is 0 Å². The first-order valence-corrected chi connectivity index (χ1v) is 49.2. The summed E-state index contributed by atoms with van der Waals surface area (Å²) in [5.41, 5.74) is 11.5. The maximum atomic E-state index is 14.5. The molecule has 30 heteroatoms. The largest absolute Gasteiger partial charge is 1.00 e. The first-order chi connectivity index (χ1) is 39.7. The number of aromatic nitrogens is 9. The zero-order valence-electron chi connectivity index (χ0n) is 54.5. The Morgan fingerprint density at radius 2 is 0.886 bits per heavy atom. The molecule has 3 heterocycles. The smallest absolute Gasteiger partial charge is 1.00 e. The van der Waals surface area contributed by atoms with Gasteiger partial charge < -0.3 is 30.4 Å². The molecular formula is C58H89BrCeCl3F6LiN9O6Si3. The quantitative estimate of drug-likeness (QED) is 0.0361. The number of rotatable bonds is 18. The van der Waals surface area contributed by atoms with Crippen LogP contribution < -0.4 is 18.9 Å². The van der Waals surface area contributed by atoms with E-state index in [1.165, 1.54) is 82.7 Å². The van der Waals surface area contributed by atoms with E-state index in [0.717, 1.165) is 36.8 Å². The Kier molecular flexibility index (Phi) is 37.0. The van der Waals surface area contributed by atoms with Gasteiger partial charge in [0, 0.05) is 29.3 Å². The molecule has 0 saturated heterocycles. The molecule has 0 unspecified atom stereocenters. The number of unbranched alkanes of at least 4 members (excludes halogenated alkanes) is 1. The summed E-state index contributed by atoms with van der Waals surface area (Å²) in [7, 11) is -6.38. The molecule has 0 aliphatic carbocycles. The number of carbonyl (C=O) groups is 1. The van der Waals surface area contributed by atoms with Gasteiger partial charge in [-0.2, -0.15) is 21.7 Å². The monoisotopic (exact) mass is 1540 g/mol. The van der Waals surface area contributed by atoms with Crippen LogP contribution in [0.2, 0.25) is 54.4 Å². The fraction of sp³-hybridized carbons (Fsp3) is 0.552. The number of aliphatic hydroxyl groups is 2. The standard InChI is InChI=1S/2C18H27F2N3O2Si.C12H23N3O2Si.C6H3BrF2.C4H9.Ce.3ClH.Li/c2*1-13(25-26(5,6)17(2,3)4)18(24,10-23-12-21-11-22-23)15-8-7-14(19)9-16(15)20;1-10(17-18(5,6)12(2,3)4)11(16)7-15-9-13-8-14-15;7-5-2-1-4(8)3-6(5)9;1-3-4-2;;;;;/h2*7-9,11-13,24H,10H2,1-6H3;8-10H,7H2,1-6H3;1-3H;1,3-4H2,2H3;;3*1H;/q;;;;-1;+3;;;;+1/p-3/t13-,18+;13-,18-;10-;;;;;;;/m001......./s1. The number of benzene rings is 3. The van der Waals surface area contributed by atoms with E-state index >= 15 is 0 Å². The van der Waals surface area contributed by atoms with Crippen molar-refractivity contribution in [3.8, 4) is 0 Å². The topological polar surface area (TPSA) is 177 Å². The molecule has 88 heavy (non-hydrogen) atoms. The maximum absolute atomic E-state index is 14.5. The predicted molar refractivity (Wildman–Crippen MR) is 341 cm³/mol.